The predicted octanol–water partition coefficient (Wildman–Crippen LogP) is 1.68. The molecule has 1 aromatic rings. The maximum Gasteiger partial charge on any atom is 0.251 e. The van der Waals surface area contributed by atoms with E-state index in [2.05, 4.69) is 11.9 Å². The summed E-state index contributed by atoms with van der Waals surface area (Å²) in [6, 6.07) is 0.721. The van der Waals surface area contributed by atoms with Crippen molar-refractivity contribution in [2.75, 3.05) is 0 Å². The second-order valence-electron chi connectivity index (χ2n) is 1.71. The first-order chi connectivity index (χ1) is 4.61. The van der Waals surface area contributed by atoms with Crippen molar-refractivity contribution in [1.29, 1.82) is 0 Å². The molecular weight excluding hydrogens is 143 g/mol. The maximum absolute atomic E-state index is 12.2. The molecule has 0 atom stereocenters. The van der Waals surface area contributed by atoms with Crippen LogP contribution < -0.4 is 0 Å². The first-order valence-electron chi connectivity index (χ1n) is 2.45. The third-order valence-electron chi connectivity index (χ3n) is 0.961. The highest BCUT2D eigenvalue weighted by molar-refractivity contribution is 5.17. The molecule has 0 N–H and O–H groups in total. The maximum atomic E-state index is 12.2. The average molecular weight is 146 g/mol. The van der Waals surface area contributed by atoms with Crippen LogP contribution in [0.1, 0.15) is 5.56 Å². The predicted molar refractivity (Wildman–Crippen MR) is 28.6 cm³/mol. The summed E-state index contributed by atoms with van der Waals surface area (Å²) in [5.74, 6) is -3.73. The highest BCUT2D eigenvalue weighted by Gasteiger charge is 2.07. The van der Waals surface area contributed by atoms with E-state index in [-0.39, 0.29) is 5.56 Å². The molecule has 0 spiro atoms. The van der Waals surface area contributed by atoms with Gasteiger partial charge in [0.2, 0.25) is 5.95 Å². The van der Waals surface area contributed by atoms with Gasteiger partial charge in [0, 0.05) is 0 Å². The SMILES string of the molecule is [CH2]c1cc(F)nc(F)c1F. The molecule has 0 aliphatic heterocycles. The number of rotatable bonds is 0. The van der Waals surface area contributed by atoms with Crippen LogP contribution in [-0.4, -0.2) is 4.98 Å². The van der Waals surface area contributed by atoms with Crippen LogP contribution in [-0.2, 0) is 0 Å². The minimum atomic E-state index is -1.45. The lowest BCUT2D eigenvalue weighted by atomic mass is 10.3. The molecule has 0 unspecified atom stereocenters. The van der Waals surface area contributed by atoms with Gasteiger partial charge in [-0.1, -0.05) is 0 Å². The molecule has 10 heavy (non-hydrogen) atoms. The lowest BCUT2D eigenvalue weighted by molar-refractivity contribution is 0.445. The van der Waals surface area contributed by atoms with Gasteiger partial charge in [0.1, 0.15) is 0 Å². The Morgan fingerprint density at radius 3 is 2.40 bits per heavy atom. The first kappa shape index (κ1) is 7.05. The Labute approximate surface area is 55.5 Å². The van der Waals surface area contributed by atoms with Crippen LogP contribution in [0.25, 0.3) is 0 Å². The second-order valence-corrected chi connectivity index (χ2v) is 1.71. The van der Waals surface area contributed by atoms with Gasteiger partial charge in [0.15, 0.2) is 5.82 Å². The number of hydrogen-bond acceptors (Lipinski definition) is 1. The number of pyridine rings is 1. The summed E-state index contributed by atoms with van der Waals surface area (Å²) in [5, 5.41) is 0. The fourth-order valence-electron chi connectivity index (χ4n) is 0.515. The Morgan fingerprint density at radius 2 is 1.90 bits per heavy atom. The summed E-state index contributed by atoms with van der Waals surface area (Å²) in [5.41, 5.74) is -0.329. The second kappa shape index (κ2) is 2.28. The van der Waals surface area contributed by atoms with E-state index in [4.69, 9.17) is 0 Å². The van der Waals surface area contributed by atoms with Gasteiger partial charge >= 0.3 is 0 Å². The Balaban J connectivity index is 3.31. The molecule has 4 heteroatoms. The van der Waals surface area contributed by atoms with Crippen molar-refractivity contribution < 1.29 is 13.2 Å². The summed E-state index contributed by atoms with van der Waals surface area (Å²) in [6.07, 6.45) is 0. The molecule has 0 aliphatic rings. The van der Waals surface area contributed by atoms with Crippen molar-refractivity contribution in [2.24, 2.45) is 0 Å². The van der Waals surface area contributed by atoms with Gasteiger partial charge in [0.25, 0.3) is 5.95 Å². The van der Waals surface area contributed by atoms with Crippen molar-refractivity contribution in [3.05, 3.63) is 36.3 Å². The minimum absolute atomic E-state index is 0.329. The van der Waals surface area contributed by atoms with Gasteiger partial charge in [-0.05, 0) is 18.6 Å². The van der Waals surface area contributed by atoms with E-state index in [1.807, 2.05) is 0 Å². The summed E-state index contributed by atoms with van der Waals surface area (Å²) in [6.45, 7) is 3.05. The molecule has 0 aromatic carbocycles. The van der Waals surface area contributed by atoms with Crippen molar-refractivity contribution in [3.8, 4) is 0 Å². The molecule has 0 amide bonds. The molecule has 0 saturated heterocycles. The molecule has 1 rings (SSSR count). The number of nitrogens with zero attached hydrogens (tertiary/aromatic N) is 1. The molecule has 1 aromatic heterocycles. The molecule has 1 radical (unpaired) electrons. The minimum Gasteiger partial charge on any atom is -0.202 e. The third kappa shape index (κ3) is 1.10. The van der Waals surface area contributed by atoms with Gasteiger partial charge < -0.3 is 0 Å². The van der Waals surface area contributed by atoms with E-state index in [1.165, 1.54) is 0 Å². The summed E-state index contributed by atoms with van der Waals surface area (Å²) in [7, 11) is 0. The molecule has 0 saturated carbocycles. The third-order valence-corrected chi connectivity index (χ3v) is 0.961. The van der Waals surface area contributed by atoms with E-state index >= 15 is 0 Å². The zero-order valence-corrected chi connectivity index (χ0v) is 4.87. The van der Waals surface area contributed by atoms with Gasteiger partial charge in [-0.2, -0.15) is 13.8 Å². The normalized spacial score (nSPS) is 10.0. The summed E-state index contributed by atoms with van der Waals surface area (Å²) < 4.78 is 36.4. The van der Waals surface area contributed by atoms with Crippen LogP contribution in [0, 0.1) is 24.6 Å². The smallest absolute Gasteiger partial charge is 0.202 e. The Bertz CT molecular complexity index is 236. The van der Waals surface area contributed by atoms with Crippen LogP contribution in [0.2, 0.25) is 0 Å². The van der Waals surface area contributed by atoms with Crippen molar-refractivity contribution in [3.63, 3.8) is 0 Å². The van der Waals surface area contributed by atoms with Crippen molar-refractivity contribution in [1.82, 2.24) is 4.98 Å². The number of halogens is 3. The van der Waals surface area contributed by atoms with E-state index in [0.29, 0.717) is 0 Å². The lowest BCUT2D eigenvalue weighted by Gasteiger charge is -1.94. The molecular formula is C6H3F3N. The van der Waals surface area contributed by atoms with E-state index < -0.39 is 17.7 Å². The molecule has 0 aliphatic carbocycles. The average Bonchev–Trinajstić information content (AvgIpc) is 1.82. The van der Waals surface area contributed by atoms with Gasteiger partial charge in [0.05, 0.1) is 0 Å². The molecule has 0 bridgehead atoms. The van der Waals surface area contributed by atoms with Crippen LogP contribution >= 0.6 is 0 Å². The quantitative estimate of drug-likeness (QED) is 0.507. The van der Waals surface area contributed by atoms with Gasteiger partial charge in [-0.3, -0.25) is 0 Å². The van der Waals surface area contributed by atoms with E-state index in [0.717, 1.165) is 6.07 Å². The van der Waals surface area contributed by atoms with Crippen molar-refractivity contribution in [2.45, 2.75) is 0 Å². The fraction of sp³-hybridized carbons (Fsp3) is 0. The lowest BCUT2D eigenvalue weighted by Crippen LogP contribution is -1.95. The topological polar surface area (TPSA) is 12.9 Å². The Morgan fingerprint density at radius 1 is 1.30 bits per heavy atom. The first-order valence-corrected chi connectivity index (χ1v) is 2.45. The monoisotopic (exact) mass is 146 g/mol. The van der Waals surface area contributed by atoms with Crippen LogP contribution in [0.15, 0.2) is 6.07 Å². The van der Waals surface area contributed by atoms with Crippen molar-refractivity contribution >= 4 is 0 Å². The highest BCUT2D eigenvalue weighted by atomic mass is 19.2. The molecule has 53 valence electrons. The summed E-state index contributed by atoms with van der Waals surface area (Å²) in [4.78, 5) is 2.59. The van der Waals surface area contributed by atoms with Crippen LogP contribution in [0.5, 0.6) is 0 Å². The van der Waals surface area contributed by atoms with Gasteiger partial charge in [-0.15, -0.1) is 0 Å². The van der Waals surface area contributed by atoms with Crippen LogP contribution in [0.4, 0.5) is 13.2 Å². The largest absolute Gasteiger partial charge is 0.251 e. The number of aromatic nitrogens is 1. The highest BCUT2D eigenvalue weighted by Crippen LogP contribution is 2.08. The zero-order valence-electron chi connectivity index (χ0n) is 4.87. The zero-order chi connectivity index (χ0) is 7.72. The molecule has 1 nitrogen and oxygen atoms in total. The van der Waals surface area contributed by atoms with Gasteiger partial charge in [-0.25, -0.2) is 4.39 Å². The van der Waals surface area contributed by atoms with E-state index in [1.54, 1.807) is 0 Å². The Kier molecular flexibility index (Phi) is 1.61. The summed E-state index contributed by atoms with van der Waals surface area (Å²) >= 11 is 0. The Hall–Kier alpha value is -1.06. The van der Waals surface area contributed by atoms with Crippen LogP contribution in [0.3, 0.4) is 0 Å². The fourth-order valence-corrected chi connectivity index (χ4v) is 0.515. The van der Waals surface area contributed by atoms with E-state index in [9.17, 15) is 13.2 Å². The molecule has 1 heterocycles. The standard InChI is InChI=1S/C6H3F3N/c1-3-2-4(7)10-6(9)5(3)8/h2H,1H2. The number of hydrogen-bond donors (Lipinski definition) is 0. The molecule has 0 fully saturated rings.